The molecule has 0 aliphatic rings. The molecule has 166 valence electrons. The van der Waals surface area contributed by atoms with Crippen molar-refractivity contribution >= 4 is 23.2 Å². The van der Waals surface area contributed by atoms with Crippen LogP contribution in [0.25, 0.3) is 0 Å². The lowest BCUT2D eigenvalue weighted by molar-refractivity contribution is -0.114. The van der Waals surface area contributed by atoms with Crippen molar-refractivity contribution in [1.82, 2.24) is 4.90 Å². The largest absolute Gasteiger partial charge is 0.490 e. The van der Waals surface area contributed by atoms with Gasteiger partial charge >= 0.3 is 0 Å². The van der Waals surface area contributed by atoms with Crippen molar-refractivity contribution in [1.29, 1.82) is 0 Å². The van der Waals surface area contributed by atoms with Gasteiger partial charge in [-0.2, -0.15) is 0 Å². The third-order valence-corrected chi connectivity index (χ3v) is 4.48. The number of nitrogens with one attached hydrogen (secondary N) is 2. The third kappa shape index (κ3) is 6.77. The number of benzene rings is 3. The van der Waals surface area contributed by atoms with E-state index < -0.39 is 0 Å². The number of hydrogen-bond acceptors (Lipinski definition) is 5. The Kier molecular flexibility index (Phi) is 8.09. The van der Waals surface area contributed by atoms with Gasteiger partial charge in [0.25, 0.3) is 5.91 Å². The second kappa shape index (κ2) is 11.4. The molecular formula is C25H27N3O4. The molecule has 2 N–H and O–H groups in total. The molecule has 0 saturated heterocycles. The molecule has 0 saturated carbocycles. The Morgan fingerprint density at radius 2 is 1.56 bits per heavy atom. The van der Waals surface area contributed by atoms with Gasteiger partial charge < -0.3 is 25.0 Å². The average Bonchev–Trinajstić information content (AvgIpc) is 2.82. The molecule has 7 nitrogen and oxygen atoms in total. The molecular weight excluding hydrogens is 406 g/mol. The zero-order chi connectivity index (χ0) is 22.8. The Morgan fingerprint density at radius 1 is 0.844 bits per heavy atom. The van der Waals surface area contributed by atoms with E-state index in [2.05, 4.69) is 10.6 Å². The van der Waals surface area contributed by atoms with E-state index in [0.29, 0.717) is 35.9 Å². The van der Waals surface area contributed by atoms with Crippen LogP contribution < -0.4 is 20.1 Å². The van der Waals surface area contributed by atoms with Crippen LogP contribution in [0.3, 0.4) is 0 Å². The van der Waals surface area contributed by atoms with Crippen molar-refractivity contribution < 1.29 is 19.1 Å². The van der Waals surface area contributed by atoms with Gasteiger partial charge in [-0.05, 0) is 42.5 Å². The third-order valence-electron chi connectivity index (χ3n) is 4.48. The van der Waals surface area contributed by atoms with Gasteiger partial charge in [-0.1, -0.05) is 36.4 Å². The summed E-state index contributed by atoms with van der Waals surface area (Å²) in [5.74, 6) is 1.02. The SMILES string of the molecule is CN(C)C(=O)c1cccc(NCC(=O)Nc2ccccc2OCCOc2ccccc2)c1. The highest BCUT2D eigenvalue weighted by atomic mass is 16.5. The number of anilines is 2. The first-order valence-corrected chi connectivity index (χ1v) is 10.3. The maximum atomic E-state index is 12.5. The summed E-state index contributed by atoms with van der Waals surface area (Å²) in [5, 5.41) is 5.90. The molecule has 0 aliphatic carbocycles. The maximum absolute atomic E-state index is 12.5. The molecule has 7 heteroatoms. The van der Waals surface area contributed by atoms with E-state index in [1.165, 1.54) is 4.90 Å². The molecule has 0 spiro atoms. The lowest BCUT2D eigenvalue weighted by atomic mass is 10.2. The first kappa shape index (κ1) is 22.7. The molecule has 0 heterocycles. The fourth-order valence-electron chi connectivity index (χ4n) is 2.92. The van der Waals surface area contributed by atoms with Crippen molar-refractivity contribution in [2.45, 2.75) is 0 Å². The number of carbonyl (C=O) groups excluding carboxylic acids is 2. The molecule has 0 fully saturated rings. The normalized spacial score (nSPS) is 10.2. The summed E-state index contributed by atoms with van der Waals surface area (Å²) in [7, 11) is 3.40. The lowest BCUT2D eigenvalue weighted by Crippen LogP contribution is -2.23. The van der Waals surface area contributed by atoms with E-state index in [9.17, 15) is 9.59 Å². The number of ether oxygens (including phenoxy) is 2. The number of hydrogen-bond donors (Lipinski definition) is 2. The predicted octanol–water partition coefficient (Wildman–Crippen LogP) is 3.90. The number of rotatable bonds is 10. The summed E-state index contributed by atoms with van der Waals surface area (Å²) in [6.07, 6.45) is 0. The monoisotopic (exact) mass is 433 g/mol. The predicted molar refractivity (Wildman–Crippen MR) is 125 cm³/mol. The minimum Gasteiger partial charge on any atom is -0.490 e. The van der Waals surface area contributed by atoms with Crippen LogP contribution in [-0.4, -0.2) is 50.6 Å². The standard InChI is InChI=1S/C25H27N3O4/c1-28(2)25(30)19-9-8-10-20(17-19)26-18-24(29)27-22-13-6-7-14-23(22)32-16-15-31-21-11-4-3-5-12-21/h3-14,17,26H,15-16,18H2,1-2H3,(H,27,29). The van der Waals surface area contributed by atoms with Gasteiger partial charge in [0.05, 0.1) is 12.2 Å². The Hall–Kier alpha value is -4.00. The summed E-state index contributed by atoms with van der Waals surface area (Å²) in [6, 6.07) is 23.8. The molecule has 0 atom stereocenters. The molecule has 2 amide bonds. The Bertz CT molecular complexity index is 1040. The topological polar surface area (TPSA) is 79.9 Å². The van der Waals surface area contributed by atoms with E-state index in [1.54, 1.807) is 44.4 Å². The van der Waals surface area contributed by atoms with Crippen molar-refractivity contribution in [3.05, 3.63) is 84.4 Å². The molecule has 0 aliphatic heterocycles. The highest BCUT2D eigenvalue weighted by molar-refractivity contribution is 5.96. The molecule has 3 rings (SSSR count). The molecule has 0 unspecified atom stereocenters. The van der Waals surface area contributed by atoms with Gasteiger partial charge in [-0.3, -0.25) is 9.59 Å². The summed E-state index contributed by atoms with van der Waals surface area (Å²) < 4.78 is 11.4. The maximum Gasteiger partial charge on any atom is 0.253 e. The minimum atomic E-state index is -0.231. The van der Waals surface area contributed by atoms with E-state index in [1.807, 2.05) is 48.5 Å². The van der Waals surface area contributed by atoms with Gasteiger partial charge in [0, 0.05) is 25.3 Å². The van der Waals surface area contributed by atoms with Crippen molar-refractivity contribution in [2.75, 3.05) is 44.5 Å². The van der Waals surface area contributed by atoms with Crippen molar-refractivity contribution in [2.24, 2.45) is 0 Å². The zero-order valence-electron chi connectivity index (χ0n) is 18.2. The van der Waals surface area contributed by atoms with Crippen LogP contribution in [0.15, 0.2) is 78.9 Å². The number of amides is 2. The Labute approximate surface area is 188 Å². The zero-order valence-corrected chi connectivity index (χ0v) is 18.2. The molecule has 0 radical (unpaired) electrons. The van der Waals surface area contributed by atoms with Crippen LogP contribution in [-0.2, 0) is 4.79 Å². The Morgan fingerprint density at radius 3 is 2.34 bits per heavy atom. The van der Waals surface area contributed by atoms with E-state index >= 15 is 0 Å². The minimum absolute atomic E-state index is 0.0467. The van der Waals surface area contributed by atoms with E-state index in [-0.39, 0.29) is 18.4 Å². The number of para-hydroxylation sites is 3. The summed E-state index contributed by atoms with van der Waals surface area (Å²) in [4.78, 5) is 26.1. The fourth-order valence-corrected chi connectivity index (χ4v) is 2.92. The first-order chi connectivity index (χ1) is 15.5. The molecule has 0 aromatic heterocycles. The van der Waals surface area contributed by atoms with Gasteiger partial charge in [0.2, 0.25) is 5.91 Å². The van der Waals surface area contributed by atoms with Crippen molar-refractivity contribution in [3.8, 4) is 11.5 Å². The van der Waals surface area contributed by atoms with Gasteiger partial charge in [0.1, 0.15) is 24.7 Å². The fraction of sp³-hybridized carbons (Fsp3) is 0.200. The molecule has 0 bridgehead atoms. The highest BCUT2D eigenvalue weighted by Crippen LogP contribution is 2.23. The number of carbonyl (C=O) groups is 2. The van der Waals surface area contributed by atoms with Crippen LogP contribution in [0.1, 0.15) is 10.4 Å². The summed E-state index contributed by atoms with van der Waals surface area (Å²) in [5.41, 5.74) is 1.82. The quantitative estimate of drug-likeness (QED) is 0.474. The van der Waals surface area contributed by atoms with Gasteiger partial charge in [-0.25, -0.2) is 0 Å². The van der Waals surface area contributed by atoms with Crippen LogP contribution in [0.4, 0.5) is 11.4 Å². The molecule has 3 aromatic carbocycles. The van der Waals surface area contributed by atoms with E-state index in [0.717, 1.165) is 5.75 Å². The van der Waals surface area contributed by atoms with Crippen molar-refractivity contribution in [3.63, 3.8) is 0 Å². The van der Waals surface area contributed by atoms with Crippen LogP contribution >= 0.6 is 0 Å². The second-order valence-electron chi connectivity index (χ2n) is 7.19. The summed E-state index contributed by atoms with van der Waals surface area (Å²) >= 11 is 0. The van der Waals surface area contributed by atoms with E-state index in [4.69, 9.17) is 9.47 Å². The van der Waals surface area contributed by atoms with Crippen LogP contribution in [0.5, 0.6) is 11.5 Å². The van der Waals surface area contributed by atoms with Gasteiger partial charge in [-0.15, -0.1) is 0 Å². The average molecular weight is 434 g/mol. The first-order valence-electron chi connectivity index (χ1n) is 10.3. The summed E-state index contributed by atoms with van der Waals surface area (Å²) in [6.45, 7) is 0.771. The van der Waals surface area contributed by atoms with Crippen LogP contribution in [0.2, 0.25) is 0 Å². The lowest BCUT2D eigenvalue weighted by Gasteiger charge is -2.14. The van der Waals surface area contributed by atoms with Crippen LogP contribution in [0, 0.1) is 0 Å². The molecule has 32 heavy (non-hydrogen) atoms. The smallest absolute Gasteiger partial charge is 0.253 e. The molecule has 3 aromatic rings. The Balaban J connectivity index is 1.50. The number of nitrogens with zero attached hydrogens (tertiary/aromatic N) is 1. The second-order valence-corrected chi connectivity index (χ2v) is 7.19. The van der Waals surface area contributed by atoms with Gasteiger partial charge in [0.15, 0.2) is 0 Å². The highest BCUT2D eigenvalue weighted by Gasteiger charge is 2.10.